The zero-order valence-electron chi connectivity index (χ0n) is 15.8. The Labute approximate surface area is 165 Å². The van der Waals surface area contributed by atoms with Crippen LogP contribution in [0.4, 0.5) is 0 Å². The summed E-state index contributed by atoms with van der Waals surface area (Å²) in [6, 6.07) is 24.1. The third kappa shape index (κ3) is 4.30. The lowest BCUT2D eigenvalue weighted by Gasteiger charge is -2.17. The molecular formula is C22H20ClNO4. The molecule has 0 saturated heterocycles. The Kier molecular flexibility index (Phi) is 5.65. The van der Waals surface area contributed by atoms with E-state index in [9.17, 15) is 0 Å². The van der Waals surface area contributed by atoms with Crippen LogP contribution in [0.25, 0.3) is 32.9 Å². The monoisotopic (exact) mass is 397 g/mol. The van der Waals surface area contributed by atoms with Crippen LogP contribution < -0.4 is 23.2 Å². The van der Waals surface area contributed by atoms with E-state index in [1.807, 2.05) is 0 Å². The van der Waals surface area contributed by atoms with Gasteiger partial charge < -0.3 is 0 Å². The molecule has 0 atom stereocenters. The molecule has 0 fully saturated rings. The highest BCUT2D eigenvalue weighted by Crippen LogP contribution is 2.35. The molecule has 4 rings (SSSR count). The minimum absolute atomic E-state index is 1.27. The molecule has 0 radical (unpaired) electrons. The number of benzene rings is 3. The van der Waals surface area contributed by atoms with Crippen LogP contribution in [0.15, 0.2) is 66.7 Å². The number of nitrogens with zero attached hydrogens (tertiary/aromatic N) is 1. The molecule has 1 aromatic heterocycles. The van der Waals surface area contributed by atoms with E-state index in [4.69, 9.17) is 18.6 Å². The van der Waals surface area contributed by atoms with Crippen molar-refractivity contribution < 1.29 is 33.4 Å². The van der Waals surface area contributed by atoms with Gasteiger partial charge in [-0.1, -0.05) is 48.0 Å². The van der Waals surface area contributed by atoms with E-state index in [1.165, 1.54) is 44.1 Å². The van der Waals surface area contributed by atoms with Gasteiger partial charge in [-0.05, 0) is 37.1 Å². The second-order valence-electron chi connectivity index (χ2n) is 6.66. The van der Waals surface area contributed by atoms with Crippen molar-refractivity contribution in [1.82, 2.24) is 0 Å². The molecule has 6 heteroatoms. The number of hydrogen-bond donors (Lipinski definition) is 0. The number of pyridine rings is 1. The van der Waals surface area contributed by atoms with Crippen LogP contribution in [0, 0.1) is 24.1 Å². The van der Waals surface area contributed by atoms with Crippen molar-refractivity contribution in [2.75, 3.05) is 0 Å². The van der Waals surface area contributed by atoms with Gasteiger partial charge in [0.1, 0.15) is 7.05 Å². The molecule has 0 N–H and O–H groups in total. The average molecular weight is 398 g/mol. The van der Waals surface area contributed by atoms with Gasteiger partial charge in [-0.15, -0.1) is 10.2 Å². The third-order valence-corrected chi connectivity index (χ3v) is 4.73. The number of halogens is 1. The average Bonchev–Trinajstić information content (AvgIpc) is 2.63. The molecule has 0 spiro atoms. The second kappa shape index (κ2) is 7.83. The fourth-order valence-corrected chi connectivity index (χ4v) is 3.53. The van der Waals surface area contributed by atoms with Crippen molar-refractivity contribution in [3.63, 3.8) is 0 Å². The Morgan fingerprint density at radius 2 is 1.18 bits per heavy atom. The van der Waals surface area contributed by atoms with Gasteiger partial charge in [0.25, 0.3) is 0 Å². The minimum atomic E-state index is -4.94. The summed E-state index contributed by atoms with van der Waals surface area (Å²) in [6.45, 7) is 4.36. The predicted molar refractivity (Wildman–Crippen MR) is 97.5 cm³/mol. The van der Waals surface area contributed by atoms with Crippen molar-refractivity contribution in [1.29, 1.82) is 0 Å². The van der Waals surface area contributed by atoms with Crippen molar-refractivity contribution in [3.8, 4) is 11.1 Å². The molecule has 0 aliphatic rings. The third-order valence-electron chi connectivity index (χ3n) is 4.73. The smallest absolute Gasteiger partial charge is 0.213 e. The van der Waals surface area contributed by atoms with Gasteiger partial charge >= 0.3 is 0 Å². The van der Waals surface area contributed by atoms with Gasteiger partial charge in [-0.2, -0.15) is 4.57 Å². The largest absolute Gasteiger partial charge is 0.222 e. The molecule has 0 saturated carbocycles. The van der Waals surface area contributed by atoms with E-state index in [1.54, 1.807) is 0 Å². The van der Waals surface area contributed by atoms with Gasteiger partial charge in [0, 0.05) is 17.7 Å². The lowest BCUT2D eigenvalue weighted by Crippen LogP contribution is -2.68. The summed E-state index contributed by atoms with van der Waals surface area (Å²) in [7, 11) is -2.79. The van der Waals surface area contributed by atoms with Crippen LogP contribution in [-0.4, -0.2) is 0 Å². The molecule has 4 aromatic rings. The Morgan fingerprint density at radius 1 is 0.714 bits per heavy atom. The highest BCUT2D eigenvalue weighted by molar-refractivity contribution is 6.07. The van der Waals surface area contributed by atoms with Crippen LogP contribution in [0.1, 0.15) is 11.1 Å². The summed E-state index contributed by atoms with van der Waals surface area (Å²) in [6.07, 6.45) is 0. The molecule has 1 heterocycles. The first-order valence-corrected chi connectivity index (χ1v) is 9.89. The standard InChI is InChI=1S/C22H20N.ClHO4/c1-15-12-13-16(2)19(14-15)22-17-8-4-6-10-20(17)23(3)21-11-7-5-9-18(21)22;2-1(3,4)5/h4-14H,1-3H3;(H,2,3,4,5)/q+1;/p-1. The summed E-state index contributed by atoms with van der Waals surface area (Å²) in [5.41, 5.74) is 7.82. The summed E-state index contributed by atoms with van der Waals surface area (Å²) < 4.78 is 36.3. The molecule has 0 amide bonds. The fourth-order valence-electron chi connectivity index (χ4n) is 3.53. The summed E-state index contributed by atoms with van der Waals surface area (Å²) in [5, 5.41) is 2.62. The van der Waals surface area contributed by atoms with Crippen LogP contribution >= 0.6 is 0 Å². The molecule has 28 heavy (non-hydrogen) atoms. The number of para-hydroxylation sites is 2. The first kappa shape index (κ1) is 20.2. The topological polar surface area (TPSA) is 96.1 Å². The summed E-state index contributed by atoms with van der Waals surface area (Å²) >= 11 is 0. The molecule has 3 aromatic carbocycles. The van der Waals surface area contributed by atoms with Crippen molar-refractivity contribution in [3.05, 3.63) is 77.9 Å². The first-order chi connectivity index (χ1) is 13.2. The zero-order valence-corrected chi connectivity index (χ0v) is 16.6. The van der Waals surface area contributed by atoms with E-state index in [2.05, 4.69) is 92.2 Å². The molecule has 5 nitrogen and oxygen atoms in total. The van der Waals surface area contributed by atoms with Gasteiger partial charge in [0.05, 0.1) is 10.8 Å². The number of aryl methyl sites for hydroxylation is 3. The lowest BCUT2D eigenvalue weighted by molar-refractivity contribution is -2.00. The molecule has 144 valence electrons. The highest BCUT2D eigenvalue weighted by Gasteiger charge is 2.19. The number of rotatable bonds is 1. The van der Waals surface area contributed by atoms with Gasteiger partial charge in [0.2, 0.25) is 11.0 Å². The predicted octanol–water partition coefficient (Wildman–Crippen LogP) is 0.345. The molecule has 0 aliphatic carbocycles. The maximum absolute atomic E-state index is 8.49. The van der Waals surface area contributed by atoms with E-state index in [0.29, 0.717) is 0 Å². The van der Waals surface area contributed by atoms with Gasteiger partial charge in [-0.3, -0.25) is 0 Å². The molecular weight excluding hydrogens is 378 g/mol. The van der Waals surface area contributed by atoms with Crippen molar-refractivity contribution in [2.24, 2.45) is 7.05 Å². The van der Waals surface area contributed by atoms with E-state index < -0.39 is 10.2 Å². The second-order valence-corrected chi connectivity index (χ2v) is 7.42. The van der Waals surface area contributed by atoms with E-state index in [-0.39, 0.29) is 0 Å². The summed E-state index contributed by atoms with van der Waals surface area (Å²) in [5.74, 6) is 0. The normalized spacial score (nSPS) is 11.4. The van der Waals surface area contributed by atoms with Crippen molar-refractivity contribution in [2.45, 2.75) is 13.8 Å². The SMILES string of the molecule is Cc1ccc(C)c(-c2c3ccccc3[n+](C)c3ccccc23)c1.[O-][Cl+3]([O-])([O-])[O-]. The first-order valence-electron chi connectivity index (χ1n) is 8.65. The number of fused-ring (bicyclic) bond motifs is 2. The van der Waals surface area contributed by atoms with Crippen LogP contribution in [0.2, 0.25) is 0 Å². The highest BCUT2D eigenvalue weighted by atomic mass is 35.7. The summed E-state index contributed by atoms with van der Waals surface area (Å²) in [4.78, 5) is 0. The minimum Gasteiger partial charge on any atom is -0.222 e. The number of hydrogen-bond acceptors (Lipinski definition) is 4. The maximum Gasteiger partial charge on any atom is 0.213 e. The molecule has 0 bridgehead atoms. The Balaban J connectivity index is 0.000000403. The number of aromatic nitrogens is 1. The Hall–Kier alpha value is -2.54. The van der Waals surface area contributed by atoms with Crippen LogP contribution in [-0.2, 0) is 7.05 Å². The lowest BCUT2D eigenvalue weighted by atomic mass is 9.92. The van der Waals surface area contributed by atoms with Crippen LogP contribution in [0.3, 0.4) is 0 Å². The Bertz CT molecular complexity index is 1090. The molecule has 0 aliphatic heterocycles. The maximum atomic E-state index is 8.49. The fraction of sp³-hybridized carbons (Fsp3) is 0.136. The van der Waals surface area contributed by atoms with Crippen molar-refractivity contribution >= 4 is 21.8 Å². The Morgan fingerprint density at radius 3 is 1.68 bits per heavy atom. The zero-order chi connectivity index (χ0) is 20.5. The van der Waals surface area contributed by atoms with Gasteiger partial charge in [0.15, 0.2) is 0 Å². The quantitative estimate of drug-likeness (QED) is 0.342. The van der Waals surface area contributed by atoms with E-state index in [0.717, 1.165) is 0 Å². The van der Waals surface area contributed by atoms with Gasteiger partial charge in [-0.25, -0.2) is 18.6 Å². The molecule has 0 unspecified atom stereocenters. The van der Waals surface area contributed by atoms with E-state index >= 15 is 0 Å². The van der Waals surface area contributed by atoms with Crippen LogP contribution in [0.5, 0.6) is 0 Å².